The zero-order valence-corrected chi connectivity index (χ0v) is 17.5. The van der Waals surface area contributed by atoms with Gasteiger partial charge in [-0.05, 0) is 36.4 Å². The van der Waals surface area contributed by atoms with E-state index in [9.17, 15) is 22.4 Å². The maximum atomic E-state index is 14.8. The third-order valence-corrected chi connectivity index (χ3v) is 5.63. The SMILES string of the molecule is O=C(c1cc(F)ccc1-c1ncccn1)N1CCC(F)(F)[C@H]1CNc1nc2cc(F)ccc2o1. The molecule has 0 aliphatic carbocycles. The molecule has 174 valence electrons. The number of alkyl halides is 2. The Morgan fingerprint density at radius 1 is 1.12 bits per heavy atom. The summed E-state index contributed by atoms with van der Waals surface area (Å²) in [6, 6.07) is 7.14. The van der Waals surface area contributed by atoms with Crippen LogP contribution in [0.5, 0.6) is 0 Å². The van der Waals surface area contributed by atoms with Gasteiger partial charge in [0.15, 0.2) is 11.4 Å². The van der Waals surface area contributed by atoms with E-state index in [2.05, 4.69) is 20.3 Å². The summed E-state index contributed by atoms with van der Waals surface area (Å²) in [4.78, 5) is 26.6. The maximum Gasteiger partial charge on any atom is 0.295 e. The molecule has 3 heterocycles. The van der Waals surface area contributed by atoms with Gasteiger partial charge in [-0.2, -0.15) is 4.98 Å². The molecule has 2 aromatic carbocycles. The van der Waals surface area contributed by atoms with Crippen molar-refractivity contribution in [3.05, 3.63) is 72.1 Å². The number of nitrogens with zero attached hydrogens (tertiary/aromatic N) is 4. The number of hydrogen-bond acceptors (Lipinski definition) is 6. The number of aromatic nitrogens is 3. The number of halogens is 4. The molecule has 1 aliphatic heterocycles. The van der Waals surface area contributed by atoms with E-state index in [0.717, 1.165) is 23.1 Å². The van der Waals surface area contributed by atoms with E-state index in [0.29, 0.717) is 0 Å². The molecule has 0 bridgehead atoms. The van der Waals surface area contributed by atoms with Gasteiger partial charge in [0.1, 0.15) is 23.2 Å². The summed E-state index contributed by atoms with van der Waals surface area (Å²) in [7, 11) is 0. The Bertz CT molecular complexity index is 1360. The number of rotatable bonds is 5. The molecule has 1 N–H and O–H groups in total. The number of fused-ring (bicyclic) bond motifs is 1. The van der Waals surface area contributed by atoms with E-state index in [1.54, 1.807) is 6.07 Å². The van der Waals surface area contributed by atoms with Crippen LogP contribution in [-0.2, 0) is 0 Å². The zero-order chi connectivity index (χ0) is 23.9. The minimum atomic E-state index is -3.21. The number of benzene rings is 2. The van der Waals surface area contributed by atoms with Gasteiger partial charge in [0, 0.05) is 43.5 Å². The van der Waals surface area contributed by atoms with E-state index in [-0.39, 0.29) is 47.2 Å². The van der Waals surface area contributed by atoms with Gasteiger partial charge in [-0.3, -0.25) is 4.79 Å². The number of carbonyl (C=O) groups excluding carboxylic acids is 1. The fourth-order valence-corrected chi connectivity index (χ4v) is 3.96. The standard InChI is InChI=1S/C23H17F4N5O2/c24-13-2-4-15(20-28-7-1-8-29-20)16(10-13)21(33)32-9-6-23(26,27)19(32)12-30-22-31-17-11-14(25)3-5-18(17)34-22/h1-5,7-8,10-11,19H,6,9,12H2,(H,30,31)/t19-/m1/s1. The van der Waals surface area contributed by atoms with Crippen molar-refractivity contribution in [3.63, 3.8) is 0 Å². The van der Waals surface area contributed by atoms with Gasteiger partial charge in [0.05, 0.1) is 5.56 Å². The first kappa shape index (κ1) is 21.8. The highest BCUT2D eigenvalue weighted by atomic mass is 19.3. The first-order valence-electron chi connectivity index (χ1n) is 10.4. The monoisotopic (exact) mass is 471 g/mol. The largest absolute Gasteiger partial charge is 0.424 e. The van der Waals surface area contributed by atoms with Gasteiger partial charge < -0.3 is 14.6 Å². The highest BCUT2D eigenvalue weighted by Crippen LogP contribution is 2.36. The molecule has 0 radical (unpaired) electrons. The van der Waals surface area contributed by atoms with Crippen molar-refractivity contribution in [1.82, 2.24) is 19.9 Å². The lowest BCUT2D eigenvalue weighted by molar-refractivity contribution is -0.0249. The van der Waals surface area contributed by atoms with Gasteiger partial charge in [-0.25, -0.2) is 27.5 Å². The number of carbonyl (C=O) groups is 1. The molecule has 0 spiro atoms. The predicted octanol–water partition coefficient (Wildman–Crippen LogP) is 4.52. The lowest BCUT2D eigenvalue weighted by Gasteiger charge is -2.28. The Labute approximate surface area is 190 Å². The van der Waals surface area contributed by atoms with Crippen LogP contribution in [0.4, 0.5) is 23.6 Å². The van der Waals surface area contributed by atoms with E-state index in [1.807, 2.05) is 0 Å². The van der Waals surface area contributed by atoms with Gasteiger partial charge in [0.25, 0.3) is 17.8 Å². The molecular weight excluding hydrogens is 454 g/mol. The topological polar surface area (TPSA) is 84.2 Å². The highest BCUT2D eigenvalue weighted by Gasteiger charge is 2.51. The van der Waals surface area contributed by atoms with Crippen LogP contribution in [0.15, 0.2) is 59.3 Å². The van der Waals surface area contributed by atoms with Crippen LogP contribution in [0.3, 0.4) is 0 Å². The van der Waals surface area contributed by atoms with Gasteiger partial charge in [0.2, 0.25) is 0 Å². The molecule has 1 aliphatic rings. The van der Waals surface area contributed by atoms with Crippen LogP contribution in [0.2, 0.25) is 0 Å². The summed E-state index contributed by atoms with van der Waals surface area (Å²) >= 11 is 0. The van der Waals surface area contributed by atoms with Crippen molar-refractivity contribution < 1.29 is 26.8 Å². The normalized spacial score (nSPS) is 17.3. The Kier molecular flexibility index (Phi) is 5.39. The summed E-state index contributed by atoms with van der Waals surface area (Å²) in [5.41, 5.74) is 0.615. The van der Waals surface area contributed by atoms with E-state index in [1.165, 1.54) is 30.6 Å². The average Bonchev–Trinajstić information content (AvgIpc) is 3.36. The molecule has 1 atom stereocenters. The van der Waals surface area contributed by atoms with Crippen LogP contribution >= 0.6 is 0 Å². The molecule has 2 aromatic heterocycles. The van der Waals surface area contributed by atoms with E-state index < -0.39 is 35.9 Å². The zero-order valence-electron chi connectivity index (χ0n) is 17.5. The minimum absolute atomic E-state index is 0.0835. The van der Waals surface area contributed by atoms with Crippen molar-refractivity contribution in [2.75, 3.05) is 18.4 Å². The lowest BCUT2D eigenvalue weighted by Crippen LogP contribution is -2.47. The third kappa shape index (κ3) is 4.04. The fourth-order valence-electron chi connectivity index (χ4n) is 3.96. The summed E-state index contributed by atoms with van der Waals surface area (Å²) in [6.45, 7) is -0.622. The quantitative estimate of drug-likeness (QED) is 0.431. The predicted molar refractivity (Wildman–Crippen MR) is 114 cm³/mol. The van der Waals surface area contributed by atoms with Gasteiger partial charge in [-0.15, -0.1) is 0 Å². The first-order valence-corrected chi connectivity index (χ1v) is 10.4. The van der Waals surface area contributed by atoms with Crippen LogP contribution in [0.1, 0.15) is 16.8 Å². The molecule has 1 amide bonds. The lowest BCUT2D eigenvalue weighted by atomic mass is 10.0. The maximum absolute atomic E-state index is 14.8. The smallest absolute Gasteiger partial charge is 0.295 e. The number of likely N-dealkylation sites (tertiary alicyclic amines) is 1. The van der Waals surface area contributed by atoms with Crippen molar-refractivity contribution in [2.24, 2.45) is 0 Å². The second kappa shape index (κ2) is 8.40. The summed E-state index contributed by atoms with van der Waals surface area (Å²) in [6.07, 6.45) is 2.36. The van der Waals surface area contributed by atoms with Crippen molar-refractivity contribution >= 4 is 23.0 Å². The molecule has 0 unspecified atom stereocenters. The Morgan fingerprint density at radius 3 is 2.65 bits per heavy atom. The molecule has 1 fully saturated rings. The van der Waals surface area contributed by atoms with Crippen LogP contribution in [0, 0.1) is 11.6 Å². The van der Waals surface area contributed by atoms with Crippen LogP contribution in [-0.4, -0.2) is 50.8 Å². The van der Waals surface area contributed by atoms with Crippen molar-refractivity contribution in [1.29, 1.82) is 0 Å². The molecule has 0 saturated carbocycles. The van der Waals surface area contributed by atoms with E-state index in [4.69, 9.17) is 4.42 Å². The first-order chi connectivity index (χ1) is 16.3. The number of hydrogen-bond donors (Lipinski definition) is 1. The second-order valence-corrected chi connectivity index (χ2v) is 7.80. The number of amides is 1. The average molecular weight is 471 g/mol. The van der Waals surface area contributed by atoms with Crippen LogP contribution in [0.25, 0.3) is 22.5 Å². The minimum Gasteiger partial charge on any atom is -0.424 e. The molecule has 7 nitrogen and oxygen atoms in total. The van der Waals surface area contributed by atoms with Crippen molar-refractivity contribution in [2.45, 2.75) is 18.4 Å². The fraction of sp³-hybridized carbons (Fsp3) is 0.217. The second-order valence-electron chi connectivity index (χ2n) is 7.80. The Morgan fingerprint density at radius 2 is 1.85 bits per heavy atom. The van der Waals surface area contributed by atoms with E-state index >= 15 is 0 Å². The number of anilines is 1. The third-order valence-electron chi connectivity index (χ3n) is 5.63. The number of nitrogens with one attached hydrogen (secondary N) is 1. The molecule has 11 heteroatoms. The highest BCUT2D eigenvalue weighted by molar-refractivity contribution is 6.00. The molecule has 5 rings (SSSR count). The Balaban J connectivity index is 1.42. The molecule has 34 heavy (non-hydrogen) atoms. The Hall–Kier alpha value is -4.02. The molecule has 4 aromatic rings. The number of oxazole rings is 1. The summed E-state index contributed by atoms with van der Waals surface area (Å²) in [5, 5.41) is 2.67. The van der Waals surface area contributed by atoms with Gasteiger partial charge >= 0.3 is 0 Å². The van der Waals surface area contributed by atoms with Crippen LogP contribution < -0.4 is 5.32 Å². The van der Waals surface area contributed by atoms with Crippen molar-refractivity contribution in [3.8, 4) is 11.4 Å². The summed E-state index contributed by atoms with van der Waals surface area (Å²) < 4.78 is 62.4. The molecular formula is C23H17F4N5O2. The summed E-state index contributed by atoms with van der Waals surface area (Å²) in [5.74, 6) is -5.02. The van der Waals surface area contributed by atoms with Gasteiger partial charge in [-0.1, -0.05) is 0 Å². The molecule has 1 saturated heterocycles.